The van der Waals surface area contributed by atoms with Crippen molar-refractivity contribution < 1.29 is 24.2 Å². The average molecular weight is 404 g/mol. The van der Waals surface area contributed by atoms with Gasteiger partial charge in [-0.05, 0) is 53.7 Å². The number of hydrogen-bond donors (Lipinski definition) is 1. The molecule has 0 saturated heterocycles. The van der Waals surface area contributed by atoms with Crippen molar-refractivity contribution in [2.75, 3.05) is 7.11 Å². The Morgan fingerprint density at radius 3 is 2.67 bits per heavy atom. The van der Waals surface area contributed by atoms with E-state index in [1.807, 2.05) is 0 Å². The SMILES string of the molecule is COc1cc(/C=C(\Sc2nnc(-c3ccc(Cl)cc3)o2)C(=O)O)ccc1[O-]. The highest BCUT2D eigenvalue weighted by molar-refractivity contribution is 8.03. The number of benzene rings is 2. The third-order valence-corrected chi connectivity index (χ3v) is 4.50. The number of rotatable bonds is 6. The number of aromatic nitrogens is 2. The molecule has 1 N–H and O–H groups in total. The van der Waals surface area contributed by atoms with E-state index in [2.05, 4.69) is 10.2 Å². The van der Waals surface area contributed by atoms with Crippen molar-refractivity contribution in [1.29, 1.82) is 0 Å². The molecule has 0 saturated carbocycles. The number of carbonyl (C=O) groups is 1. The second kappa shape index (κ2) is 8.15. The fraction of sp³-hybridized carbons (Fsp3) is 0.0556. The summed E-state index contributed by atoms with van der Waals surface area (Å²) in [5.41, 5.74) is 1.16. The Hall–Kier alpha value is -2.97. The van der Waals surface area contributed by atoms with Crippen LogP contribution in [0.3, 0.4) is 0 Å². The monoisotopic (exact) mass is 403 g/mol. The zero-order valence-corrected chi connectivity index (χ0v) is 15.5. The second-order valence-electron chi connectivity index (χ2n) is 5.21. The van der Waals surface area contributed by atoms with Gasteiger partial charge in [0.15, 0.2) is 0 Å². The summed E-state index contributed by atoms with van der Waals surface area (Å²) in [7, 11) is 1.37. The van der Waals surface area contributed by atoms with Crippen molar-refractivity contribution in [3.8, 4) is 23.0 Å². The van der Waals surface area contributed by atoms with Crippen LogP contribution in [0, 0.1) is 0 Å². The maximum Gasteiger partial charge on any atom is 0.342 e. The Labute approximate surface area is 163 Å². The van der Waals surface area contributed by atoms with E-state index in [0.717, 1.165) is 11.8 Å². The Morgan fingerprint density at radius 1 is 1.26 bits per heavy atom. The molecule has 0 spiro atoms. The standard InChI is InChI=1S/C18H13ClN2O5S/c1-25-14-8-10(2-7-13(14)22)9-15(17(23)24)27-18-21-20-16(26-18)11-3-5-12(19)6-4-11/h2-9,22H,1H3,(H,23,24)/p-1/b15-9-. The fourth-order valence-electron chi connectivity index (χ4n) is 2.11. The summed E-state index contributed by atoms with van der Waals surface area (Å²) in [6.45, 7) is 0. The van der Waals surface area contributed by atoms with Gasteiger partial charge in [0.1, 0.15) is 10.7 Å². The topological polar surface area (TPSA) is 109 Å². The molecule has 0 aliphatic heterocycles. The number of halogens is 1. The van der Waals surface area contributed by atoms with Crippen LogP contribution in [0.25, 0.3) is 17.5 Å². The van der Waals surface area contributed by atoms with Crippen molar-refractivity contribution in [3.63, 3.8) is 0 Å². The first-order valence-corrected chi connectivity index (χ1v) is 8.73. The molecule has 0 fully saturated rings. The summed E-state index contributed by atoms with van der Waals surface area (Å²) in [6.07, 6.45) is 1.39. The largest absolute Gasteiger partial charge is 0.870 e. The van der Waals surface area contributed by atoms with Gasteiger partial charge in [0.25, 0.3) is 5.22 Å². The summed E-state index contributed by atoms with van der Waals surface area (Å²) in [5, 5.41) is 29.4. The third kappa shape index (κ3) is 4.60. The van der Waals surface area contributed by atoms with Gasteiger partial charge in [-0.3, -0.25) is 0 Å². The molecule has 0 aliphatic carbocycles. The van der Waals surface area contributed by atoms with E-state index in [-0.39, 0.29) is 27.5 Å². The van der Waals surface area contributed by atoms with Crippen molar-refractivity contribution in [3.05, 3.63) is 58.0 Å². The van der Waals surface area contributed by atoms with Crippen LogP contribution < -0.4 is 9.84 Å². The van der Waals surface area contributed by atoms with Gasteiger partial charge in [-0.2, -0.15) is 0 Å². The number of carboxylic acids is 1. The van der Waals surface area contributed by atoms with Gasteiger partial charge < -0.3 is 19.4 Å². The molecule has 3 rings (SSSR count). The van der Waals surface area contributed by atoms with E-state index in [1.165, 1.54) is 31.4 Å². The predicted molar refractivity (Wildman–Crippen MR) is 98.7 cm³/mol. The van der Waals surface area contributed by atoms with Gasteiger partial charge in [-0.15, -0.1) is 10.2 Å². The lowest BCUT2D eigenvalue weighted by molar-refractivity contribution is -0.270. The zero-order valence-electron chi connectivity index (χ0n) is 13.9. The van der Waals surface area contributed by atoms with E-state index >= 15 is 0 Å². The molecule has 0 atom stereocenters. The average Bonchev–Trinajstić information content (AvgIpc) is 3.11. The Kier molecular flexibility index (Phi) is 5.68. The molecule has 2 aromatic carbocycles. The van der Waals surface area contributed by atoms with E-state index in [0.29, 0.717) is 16.1 Å². The van der Waals surface area contributed by atoms with E-state index in [4.69, 9.17) is 20.8 Å². The van der Waals surface area contributed by atoms with Crippen LogP contribution in [-0.4, -0.2) is 28.4 Å². The molecule has 0 radical (unpaired) electrons. The number of nitrogens with zero attached hydrogens (tertiary/aromatic N) is 2. The molecule has 0 aliphatic rings. The predicted octanol–water partition coefficient (Wildman–Crippen LogP) is 3.69. The molecule has 1 heterocycles. The van der Waals surface area contributed by atoms with Gasteiger partial charge >= 0.3 is 5.97 Å². The van der Waals surface area contributed by atoms with Crippen LogP contribution in [0.2, 0.25) is 5.02 Å². The lowest BCUT2D eigenvalue weighted by Gasteiger charge is -2.12. The number of aliphatic carboxylic acids is 1. The molecule has 1 aromatic heterocycles. The van der Waals surface area contributed by atoms with Crippen LogP contribution in [0.5, 0.6) is 11.5 Å². The Balaban J connectivity index is 1.85. The molecule has 7 nitrogen and oxygen atoms in total. The number of methoxy groups -OCH3 is 1. The number of hydrogen-bond acceptors (Lipinski definition) is 7. The van der Waals surface area contributed by atoms with Gasteiger partial charge in [0, 0.05) is 10.6 Å². The molecule has 138 valence electrons. The first kappa shape index (κ1) is 18.8. The molecule has 27 heavy (non-hydrogen) atoms. The normalized spacial score (nSPS) is 11.4. The van der Waals surface area contributed by atoms with Crippen molar-refractivity contribution in [2.45, 2.75) is 5.22 Å². The van der Waals surface area contributed by atoms with E-state index in [1.54, 1.807) is 24.3 Å². The Bertz CT molecular complexity index is 1000. The minimum atomic E-state index is -1.17. The molecular formula is C18H12ClN2O5S-. The molecule has 9 heteroatoms. The van der Waals surface area contributed by atoms with Gasteiger partial charge in [-0.25, -0.2) is 4.79 Å². The Morgan fingerprint density at radius 2 is 2.00 bits per heavy atom. The van der Waals surface area contributed by atoms with Gasteiger partial charge in [-0.1, -0.05) is 29.5 Å². The summed E-state index contributed by atoms with van der Waals surface area (Å²) in [5.74, 6) is -1.09. The van der Waals surface area contributed by atoms with Crippen LogP contribution >= 0.6 is 23.4 Å². The van der Waals surface area contributed by atoms with Crippen LogP contribution in [-0.2, 0) is 4.79 Å². The fourth-order valence-corrected chi connectivity index (χ4v) is 2.91. The maximum absolute atomic E-state index is 11.6. The summed E-state index contributed by atoms with van der Waals surface area (Å²) < 4.78 is 10.5. The first-order chi connectivity index (χ1) is 13.0. The van der Waals surface area contributed by atoms with Crippen LogP contribution in [0.1, 0.15) is 5.56 Å². The van der Waals surface area contributed by atoms with E-state index in [9.17, 15) is 15.0 Å². The van der Waals surface area contributed by atoms with Crippen molar-refractivity contribution in [1.82, 2.24) is 10.2 Å². The summed E-state index contributed by atoms with van der Waals surface area (Å²) in [4.78, 5) is 11.5. The third-order valence-electron chi connectivity index (χ3n) is 3.39. The van der Waals surface area contributed by atoms with E-state index < -0.39 is 5.97 Å². The highest BCUT2D eigenvalue weighted by atomic mass is 35.5. The highest BCUT2D eigenvalue weighted by Gasteiger charge is 2.16. The zero-order chi connectivity index (χ0) is 19.4. The molecule has 0 bridgehead atoms. The molecule has 3 aromatic rings. The summed E-state index contributed by atoms with van der Waals surface area (Å²) >= 11 is 6.65. The van der Waals surface area contributed by atoms with Crippen LogP contribution in [0.15, 0.2) is 57.0 Å². The number of thioether (sulfide) groups is 1. The lowest BCUT2D eigenvalue weighted by Crippen LogP contribution is -1.98. The summed E-state index contributed by atoms with van der Waals surface area (Å²) in [6, 6.07) is 11.1. The maximum atomic E-state index is 11.6. The van der Waals surface area contributed by atoms with Gasteiger partial charge in [0.05, 0.1) is 7.11 Å². The first-order valence-electron chi connectivity index (χ1n) is 7.53. The molecule has 0 unspecified atom stereocenters. The van der Waals surface area contributed by atoms with Crippen molar-refractivity contribution >= 4 is 35.4 Å². The minimum Gasteiger partial charge on any atom is -0.870 e. The molecule has 0 amide bonds. The lowest BCUT2D eigenvalue weighted by atomic mass is 10.2. The quantitative estimate of drug-likeness (QED) is 0.490. The molecular weight excluding hydrogens is 392 g/mol. The van der Waals surface area contributed by atoms with Crippen LogP contribution in [0.4, 0.5) is 0 Å². The minimum absolute atomic E-state index is 0.0537. The second-order valence-corrected chi connectivity index (χ2v) is 6.64. The van der Waals surface area contributed by atoms with Gasteiger partial charge in [0.2, 0.25) is 5.89 Å². The van der Waals surface area contributed by atoms with Crippen molar-refractivity contribution in [2.24, 2.45) is 0 Å². The number of ether oxygens (including phenoxy) is 1. The highest BCUT2D eigenvalue weighted by Crippen LogP contribution is 2.32. The smallest absolute Gasteiger partial charge is 0.342 e. The number of carboxylic acid groups (broad SMARTS) is 1.